The molecule has 1 saturated carbocycles. The Balaban J connectivity index is 1.90. The largest absolute Gasteiger partial charge is 0.394 e. The second-order valence-corrected chi connectivity index (χ2v) is 10.5. The van der Waals surface area contributed by atoms with Crippen LogP contribution >= 0.6 is 0 Å². The van der Waals surface area contributed by atoms with Crippen molar-refractivity contribution in [2.45, 2.75) is 112 Å². The number of aliphatic hydroxyl groups is 7. The molecule has 15 unspecified atom stereocenters. The van der Waals surface area contributed by atoms with Gasteiger partial charge in [-0.25, -0.2) is 0 Å². The summed E-state index contributed by atoms with van der Waals surface area (Å²) in [6.07, 6.45) is -17.7. The number of nitrogens with one attached hydrogen (secondary N) is 2. The van der Waals surface area contributed by atoms with Crippen molar-refractivity contribution in [3.8, 4) is 0 Å². The SMILES string of the molecule is CC(=O)NC1C(OC2C(N)CC(NC(=O)C(O)CCN)C(O)C2OC2OC(CO)C(O)C2O)OC(CN)C(O)C1O. The lowest BCUT2D eigenvalue weighted by Crippen LogP contribution is -2.69. The van der Waals surface area contributed by atoms with Crippen molar-refractivity contribution in [1.82, 2.24) is 10.6 Å². The third-order valence-corrected chi connectivity index (χ3v) is 7.48. The van der Waals surface area contributed by atoms with Crippen molar-refractivity contribution in [2.24, 2.45) is 17.2 Å². The summed E-state index contributed by atoms with van der Waals surface area (Å²) in [5.41, 5.74) is 17.5. The lowest BCUT2D eigenvalue weighted by Gasteiger charge is -2.48. The van der Waals surface area contributed by atoms with Crippen LogP contribution in [0.1, 0.15) is 19.8 Å². The summed E-state index contributed by atoms with van der Waals surface area (Å²) >= 11 is 0. The lowest BCUT2D eigenvalue weighted by molar-refractivity contribution is -0.309. The fourth-order valence-corrected chi connectivity index (χ4v) is 5.20. The maximum Gasteiger partial charge on any atom is 0.249 e. The Morgan fingerprint density at radius 2 is 1.51 bits per heavy atom. The van der Waals surface area contributed by atoms with Crippen LogP contribution < -0.4 is 27.8 Å². The first-order valence-corrected chi connectivity index (χ1v) is 13.4. The highest BCUT2D eigenvalue weighted by molar-refractivity contribution is 5.80. The first-order chi connectivity index (χ1) is 19.3. The van der Waals surface area contributed by atoms with E-state index in [0.29, 0.717) is 0 Å². The third kappa shape index (κ3) is 7.67. The molecule has 2 heterocycles. The van der Waals surface area contributed by atoms with E-state index in [9.17, 15) is 45.3 Å². The van der Waals surface area contributed by atoms with E-state index in [2.05, 4.69) is 10.6 Å². The minimum Gasteiger partial charge on any atom is -0.394 e. The van der Waals surface area contributed by atoms with Gasteiger partial charge in [-0.2, -0.15) is 0 Å². The molecule has 0 radical (unpaired) electrons. The van der Waals surface area contributed by atoms with Gasteiger partial charge < -0.3 is 82.5 Å². The molecule has 3 rings (SSSR count). The Morgan fingerprint density at radius 1 is 0.902 bits per heavy atom. The zero-order valence-electron chi connectivity index (χ0n) is 22.5. The smallest absolute Gasteiger partial charge is 0.249 e. The van der Waals surface area contributed by atoms with Crippen LogP contribution in [0.3, 0.4) is 0 Å². The van der Waals surface area contributed by atoms with Crippen LogP contribution in [0.15, 0.2) is 0 Å². The van der Waals surface area contributed by atoms with Crippen LogP contribution in [-0.4, -0.2) is 159 Å². The predicted molar refractivity (Wildman–Crippen MR) is 135 cm³/mol. The highest BCUT2D eigenvalue weighted by atomic mass is 16.7. The Kier molecular flexibility index (Phi) is 12.2. The Morgan fingerprint density at radius 3 is 2.07 bits per heavy atom. The number of hydrogen-bond acceptors (Lipinski definition) is 16. The monoisotopic (exact) mass is 597 g/mol. The van der Waals surface area contributed by atoms with Gasteiger partial charge in [-0.05, 0) is 19.4 Å². The van der Waals surface area contributed by atoms with Gasteiger partial charge in [0.1, 0.15) is 67.1 Å². The van der Waals surface area contributed by atoms with E-state index in [4.69, 9.17) is 36.1 Å². The summed E-state index contributed by atoms with van der Waals surface area (Å²) in [5.74, 6) is -1.42. The van der Waals surface area contributed by atoms with Crippen LogP contribution in [0.5, 0.6) is 0 Å². The maximum absolute atomic E-state index is 12.5. The van der Waals surface area contributed by atoms with E-state index in [1.165, 1.54) is 6.92 Å². The average molecular weight is 598 g/mol. The Bertz CT molecular complexity index is 876. The van der Waals surface area contributed by atoms with Gasteiger partial charge in [-0.1, -0.05) is 0 Å². The van der Waals surface area contributed by atoms with Crippen molar-refractivity contribution < 1.29 is 64.3 Å². The molecule has 0 aromatic heterocycles. The average Bonchev–Trinajstić information content (AvgIpc) is 3.20. The van der Waals surface area contributed by atoms with Crippen LogP contribution in [0.2, 0.25) is 0 Å². The van der Waals surface area contributed by atoms with E-state index in [-0.39, 0.29) is 25.9 Å². The van der Waals surface area contributed by atoms with Gasteiger partial charge in [0.25, 0.3) is 0 Å². The third-order valence-electron chi connectivity index (χ3n) is 7.48. The number of rotatable bonds is 11. The summed E-state index contributed by atoms with van der Waals surface area (Å²) in [7, 11) is 0. The van der Waals surface area contributed by atoms with E-state index >= 15 is 0 Å². The maximum atomic E-state index is 12.5. The van der Waals surface area contributed by atoms with Crippen LogP contribution in [0, 0.1) is 0 Å². The molecule has 0 spiro atoms. The first kappa shape index (κ1) is 33.9. The first-order valence-electron chi connectivity index (χ1n) is 13.4. The molecule has 238 valence electrons. The zero-order chi connectivity index (χ0) is 30.6. The molecule has 15 N–H and O–H groups in total. The molecule has 3 aliphatic rings. The topological polar surface area (TPSA) is 315 Å². The fraction of sp³-hybridized carbons (Fsp3) is 0.913. The molecule has 1 aliphatic carbocycles. The quantitative estimate of drug-likeness (QED) is 0.105. The van der Waals surface area contributed by atoms with Crippen molar-refractivity contribution >= 4 is 11.8 Å². The number of aliphatic hydroxyl groups excluding tert-OH is 7. The number of nitrogens with two attached hydrogens (primary N) is 3. The van der Waals surface area contributed by atoms with Gasteiger partial charge in [0.05, 0.1) is 12.6 Å². The van der Waals surface area contributed by atoms with E-state index in [1.807, 2.05) is 0 Å². The summed E-state index contributed by atoms with van der Waals surface area (Å²) in [4.78, 5) is 24.3. The molecule has 0 bridgehead atoms. The molecule has 2 amide bonds. The van der Waals surface area contributed by atoms with Crippen molar-refractivity contribution in [2.75, 3.05) is 19.7 Å². The zero-order valence-corrected chi connectivity index (χ0v) is 22.5. The van der Waals surface area contributed by atoms with Crippen LogP contribution in [0.4, 0.5) is 0 Å². The molecule has 15 atom stereocenters. The van der Waals surface area contributed by atoms with Gasteiger partial charge in [0.2, 0.25) is 11.8 Å². The Labute approximate surface area is 235 Å². The number of hydrogen-bond donors (Lipinski definition) is 12. The number of amides is 2. The molecular weight excluding hydrogens is 554 g/mol. The van der Waals surface area contributed by atoms with Crippen molar-refractivity contribution in [1.29, 1.82) is 0 Å². The fourth-order valence-electron chi connectivity index (χ4n) is 5.20. The van der Waals surface area contributed by atoms with Crippen molar-refractivity contribution in [3.63, 3.8) is 0 Å². The van der Waals surface area contributed by atoms with Gasteiger partial charge in [-0.3, -0.25) is 9.59 Å². The second-order valence-electron chi connectivity index (χ2n) is 10.5. The van der Waals surface area contributed by atoms with Crippen LogP contribution in [0.25, 0.3) is 0 Å². The number of ether oxygens (including phenoxy) is 4. The molecule has 18 heteroatoms. The van der Waals surface area contributed by atoms with Gasteiger partial charge in [0.15, 0.2) is 12.6 Å². The van der Waals surface area contributed by atoms with Gasteiger partial charge in [-0.15, -0.1) is 0 Å². The minimum atomic E-state index is -1.66. The molecule has 0 aromatic carbocycles. The molecule has 0 aromatic rings. The van der Waals surface area contributed by atoms with Gasteiger partial charge >= 0.3 is 0 Å². The number of carbonyl (C=O) groups is 2. The molecule has 41 heavy (non-hydrogen) atoms. The molecular formula is C23H43N5O13. The normalized spacial score (nSPS) is 43.9. The molecule has 3 fully saturated rings. The standard InChI is InChI=1S/C23H43N5O13/c1-7(30)27-13-17(35)15(33)11(5-25)38-22(13)40-19-8(26)4-9(28-21(37)10(31)2-3-24)14(32)20(19)41-23-18(36)16(34)12(6-29)39-23/h8-20,22-23,29,31-36H,2-6,24-26H2,1H3,(H,27,30)(H,28,37). The molecule has 2 saturated heterocycles. The summed E-state index contributed by atoms with van der Waals surface area (Å²) in [5, 5.41) is 77.3. The van der Waals surface area contributed by atoms with Gasteiger partial charge in [0, 0.05) is 19.5 Å². The second kappa shape index (κ2) is 14.7. The Hall–Kier alpha value is -1.62. The van der Waals surface area contributed by atoms with E-state index in [0.717, 1.165) is 0 Å². The number of carbonyl (C=O) groups excluding carboxylic acids is 2. The van der Waals surface area contributed by atoms with Crippen molar-refractivity contribution in [3.05, 3.63) is 0 Å². The summed E-state index contributed by atoms with van der Waals surface area (Å²) in [6.45, 7) is 0.306. The summed E-state index contributed by atoms with van der Waals surface area (Å²) < 4.78 is 23.0. The molecule has 2 aliphatic heterocycles. The minimum absolute atomic E-state index is 0.0232. The summed E-state index contributed by atoms with van der Waals surface area (Å²) in [6, 6.07) is -3.46. The lowest BCUT2D eigenvalue weighted by atomic mass is 9.83. The highest BCUT2D eigenvalue weighted by Crippen LogP contribution is 2.33. The highest BCUT2D eigenvalue weighted by Gasteiger charge is 2.53. The van der Waals surface area contributed by atoms with E-state index < -0.39 is 110 Å². The predicted octanol–water partition coefficient (Wildman–Crippen LogP) is -7.61. The molecule has 18 nitrogen and oxygen atoms in total. The van der Waals surface area contributed by atoms with E-state index in [1.54, 1.807) is 0 Å². The van der Waals surface area contributed by atoms with Crippen LogP contribution in [-0.2, 0) is 28.5 Å².